The van der Waals surface area contributed by atoms with Gasteiger partial charge in [-0.25, -0.2) is 0 Å². The fourth-order valence-electron chi connectivity index (χ4n) is 1.95. The van der Waals surface area contributed by atoms with Crippen molar-refractivity contribution < 1.29 is 4.79 Å². The summed E-state index contributed by atoms with van der Waals surface area (Å²) < 4.78 is 0.722. The van der Waals surface area contributed by atoms with E-state index in [9.17, 15) is 4.79 Å². The Morgan fingerprint density at radius 1 is 1.12 bits per heavy atom. The van der Waals surface area contributed by atoms with Gasteiger partial charge in [0.1, 0.15) is 0 Å². The molecule has 1 amide bonds. The van der Waals surface area contributed by atoms with E-state index in [1.807, 2.05) is 49.4 Å². The summed E-state index contributed by atoms with van der Waals surface area (Å²) in [6, 6.07) is 16.9. The Hall–Kier alpha value is -2.09. The molecule has 8 heteroatoms. The predicted molar refractivity (Wildman–Crippen MR) is 105 cm³/mol. The van der Waals surface area contributed by atoms with Gasteiger partial charge in [0, 0.05) is 5.69 Å². The maximum absolute atomic E-state index is 12.3. The molecule has 0 aliphatic heterocycles. The molecule has 3 rings (SSSR count). The number of benzene rings is 2. The van der Waals surface area contributed by atoms with E-state index in [0.717, 1.165) is 10.0 Å². The number of aromatic nitrogens is 2. The van der Waals surface area contributed by atoms with Crippen LogP contribution in [-0.4, -0.2) is 21.4 Å². The summed E-state index contributed by atoms with van der Waals surface area (Å²) in [5.74, 6) is -0.133. The Bertz CT molecular complexity index is 857. The van der Waals surface area contributed by atoms with Crippen LogP contribution in [0.25, 0.3) is 0 Å². The van der Waals surface area contributed by atoms with E-state index in [2.05, 4.69) is 20.8 Å². The molecule has 25 heavy (non-hydrogen) atoms. The summed E-state index contributed by atoms with van der Waals surface area (Å²) in [7, 11) is 0. The number of nitrogens with zero attached hydrogens (tertiary/aromatic N) is 2. The Morgan fingerprint density at radius 3 is 2.60 bits per heavy atom. The zero-order valence-electron chi connectivity index (χ0n) is 13.3. The van der Waals surface area contributed by atoms with Gasteiger partial charge in [0.2, 0.25) is 11.0 Å². The summed E-state index contributed by atoms with van der Waals surface area (Å²) in [6.07, 6.45) is 0. The van der Waals surface area contributed by atoms with Gasteiger partial charge in [-0.05, 0) is 31.2 Å². The highest BCUT2D eigenvalue weighted by molar-refractivity contribution is 8.02. The molecular formula is C17H15ClN4OS2. The van der Waals surface area contributed by atoms with Gasteiger partial charge in [-0.2, -0.15) is 0 Å². The Labute approximate surface area is 158 Å². The van der Waals surface area contributed by atoms with Gasteiger partial charge in [-0.1, -0.05) is 65.0 Å². The molecule has 1 atom stereocenters. The van der Waals surface area contributed by atoms with Gasteiger partial charge >= 0.3 is 0 Å². The van der Waals surface area contributed by atoms with E-state index in [1.165, 1.54) is 23.1 Å². The monoisotopic (exact) mass is 390 g/mol. The predicted octanol–water partition coefficient (Wildman–Crippen LogP) is 5.05. The van der Waals surface area contributed by atoms with Crippen LogP contribution in [0.1, 0.15) is 6.92 Å². The molecule has 1 heterocycles. The first-order chi connectivity index (χ1) is 12.1. The molecule has 1 unspecified atom stereocenters. The largest absolute Gasteiger partial charge is 0.330 e. The Balaban J connectivity index is 1.58. The highest BCUT2D eigenvalue weighted by atomic mass is 35.5. The number of halogens is 1. The van der Waals surface area contributed by atoms with Crippen LogP contribution >= 0.6 is 34.7 Å². The number of thioether (sulfide) groups is 1. The second-order valence-corrected chi connectivity index (χ2v) is 8.07. The minimum absolute atomic E-state index is 0.133. The molecule has 3 aromatic rings. The molecule has 0 fully saturated rings. The number of rotatable bonds is 6. The molecular weight excluding hydrogens is 376 g/mol. The minimum atomic E-state index is -0.325. The molecule has 5 nitrogen and oxygen atoms in total. The second kappa shape index (κ2) is 8.33. The molecule has 2 aromatic carbocycles. The van der Waals surface area contributed by atoms with E-state index in [-0.39, 0.29) is 11.2 Å². The summed E-state index contributed by atoms with van der Waals surface area (Å²) in [5.41, 5.74) is 1.55. The average Bonchev–Trinajstić information content (AvgIpc) is 3.04. The molecule has 0 saturated heterocycles. The topological polar surface area (TPSA) is 66.9 Å². The first-order valence-corrected chi connectivity index (χ1v) is 9.57. The summed E-state index contributed by atoms with van der Waals surface area (Å²) in [4.78, 5) is 12.3. The molecule has 0 aliphatic rings. The number of hydrogen-bond acceptors (Lipinski definition) is 6. The van der Waals surface area contributed by atoms with Gasteiger partial charge < -0.3 is 10.6 Å². The van der Waals surface area contributed by atoms with Gasteiger partial charge in [0.15, 0.2) is 4.34 Å². The van der Waals surface area contributed by atoms with Crippen LogP contribution in [0, 0.1) is 0 Å². The van der Waals surface area contributed by atoms with Gasteiger partial charge in [0.25, 0.3) is 0 Å². The molecule has 0 aliphatic carbocycles. The summed E-state index contributed by atoms with van der Waals surface area (Å²) in [6.45, 7) is 1.82. The van der Waals surface area contributed by atoms with Crippen molar-refractivity contribution in [3.8, 4) is 0 Å². The van der Waals surface area contributed by atoms with Crippen LogP contribution in [0.15, 0.2) is 58.9 Å². The highest BCUT2D eigenvalue weighted by Gasteiger charge is 2.18. The van der Waals surface area contributed by atoms with Gasteiger partial charge in [-0.3, -0.25) is 4.79 Å². The maximum atomic E-state index is 12.3. The quantitative estimate of drug-likeness (QED) is 0.576. The first kappa shape index (κ1) is 17.7. The molecule has 0 radical (unpaired) electrons. The molecule has 128 valence electrons. The number of anilines is 3. The fourth-order valence-corrected chi connectivity index (χ4v) is 4.05. The van der Waals surface area contributed by atoms with Crippen LogP contribution in [-0.2, 0) is 4.79 Å². The normalized spacial score (nSPS) is 11.8. The van der Waals surface area contributed by atoms with E-state index in [4.69, 9.17) is 11.6 Å². The lowest BCUT2D eigenvalue weighted by Gasteiger charge is -2.11. The van der Waals surface area contributed by atoms with Crippen molar-refractivity contribution in [2.75, 3.05) is 10.6 Å². The summed E-state index contributed by atoms with van der Waals surface area (Å²) >= 11 is 8.83. The third kappa shape index (κ3) is 4.94. The molecule has 0 spiro atoms. The lowest BCUT2D eigenvalue weighted by molar-refractivity contribution is -0.115. The minimum Gasteiger partial charge on any atom is -0.330 e. The second-order valence-electron chi connectivity index (χ2n) is 5.09. The third-order valence-corrected chi connectivity index (χ3v) is 5.56. The number of carbonyl (C=O) groups is 1. The first-order valence-electron chi connectivity index (χ1n) is 7.49. The molecule has 1 aromatic heterocycles. The third-order valence-electron chi connectivity index (χ3n) is 3.21. The smallest absolute Gasteiger partial charge is 0.237 e. The number of hydrogen-bond donors (Lipinski definition) is 2. The standard InChI is InChI=1S/C17H15ClN4OS2/c1-11(15(23)20-14-10-6-5-9-13(14)18)24-17-22-21-16(25-17)19-12-7-3-2-4-8-12/h2-11H,1H3,(H,19,21)(H,20,23). The van der Waals surface area contributed by atoms with Crippen molar-refractivity contribution in [3.05, 3.63) is 59.6 Å². The van der Waals surface area contributed by atoms with Crippen molar-refractivity contribution in [1.82, 2.24) is 10.2 Å². The van der Waals surface area contributed by atoms with Crippen LogP contribution in [0.2, 0.25) is 5.02 Å². The van der Waals surface area contributed by atoms with Crippen molar-refractivity contribution in [2.45, 2.75) is 16.5 Å². The number of para-hydroxylation sites is 2. The number of carbonyl (C=O) groups excluding carboxylic acids is 1. The van der Waals surface area contributed by atoms with E-state index < -0.39 is 0 Å². The molecule has 0 bridgehead atoms. The van der Waals surface area contributed by atoms with Crippen LogP contribution in [0.3, 0.4) is 0 Å². The van der Waals surface area contributed by atoms with Crippen molar-refractivity contribution in [1.29, 1.82) is 0 Å². The SMILES string of the molecule is CC(Sc1nnc(Nc2ccccc2)s1)C(=O)Nc1ccccc1Cl. The maximum Gasteiger partial charge on any atom is 0.237 e. The lowest BCUT2D eigenvalue weighted by atomic mass is 10.3. The van der Waals surface area contributed by atoms with E-state index >= 15 is 0 Å². The van der Waals surface area contributed by atoms with Crippen LogP contribution in [0.5, 0.6) is 0 Å². The van der Waals surface area contributed by atoms with Crippen LogP contribution in [0.4, 0.5) is 16.5 Å². The zero-order chi connectivity index (χ0) is 17.6. The molecule has 0 saturated carbocycles. The Kier molecular flexibility index (Phi) is 5.91. The van der Waals surface area contributed by atoms with E-state index in [0.29, 0.717) is 15.8 Å². The lowest BCUT2D eigenvalue weighted by Crippen LogP contribution is -2.22. The number of nitrogens with one attached hydrogen (secondary N) is 2. The Morgan fingerprint density at radius 2 is 1.84 bits per heavy atom. The average molecular weight is 391 g/mol. The molecule has 2 N–H and O–H groups in total. The zero-order valence-corrected chi connectivity index (χ0v) is 15.7. The van der Waals surface area contributed by atoms with Gasteiger partial charge in [-0.15, -0.1) is 10.2 Å². The van der Waals surface area contributed by atoms with Crippen LogP contribution < -0.4 is 10.6 Å². The fraction of sp³-hybridized carbons (Fsp3) is 0.118. The summed E-state index contributed by atoms with van der Waals surface area (Å²) in [5, 5.41) is 15.1. The van der Waals surface area contributed by atoms with Gasteiger partial charge in [0.05, 0.1) is 16.0 Å². The van der Waals surface area contributed by atoms with E-state index in [1.54, 1.807) is 12.1 Å². The van der Waals surface area contributed by atoms with Crippen molar-refractivity contribution >= 4 is 57.1 Å². The number of amides is 1. The van der Waals surface area contributed by atoms with Crippen molar-refractivity contribution in [3.63, 3.8) is 0 Å². The highest BCUT2D eigenvalue weighted by Crippen LogP contribution is 2.31. The van der Waals surface area contributed by atoms with Crippen molar-refractivity contribution in [2.24, 2.45) is 0 Å².